The third-order valence-electron chi connectivity index (χ3n) is 6.12. The van der Waals surface area contributed by atoms with Crippen LogP contribution in [0.1, 0.15) is 31.1 Å². The predicted molar refractivity (Wildman–Crippen MR) is 128 cm³/mol. The van der Waals surface area contributed by atoms with Gasteiger partial charge in [-0.05, 0) is 41.2 Å². The zero-order valence-electron chi connectivity index (χ0n) is 18.7. The molecule has 6 heteroatoms. The molecule has 172 valence electrons. The number of hydrogen-bond donors (Lipinski definition) is 0. The summed E-state index contributed by atoms with van der Waals surface area (Å²) in [6.45, 7) is 3.92. The van der Waals surface area contributed by atoms with Crippen LogP contribution in [0.25, 0.3) is 5.03 Å². The first-order valence-electron chi connectivity index (χ1n) is 10.9. The van der Waals surface area contributed by atoms with Gasteiger partial charge in [-0.2, -0.15) is 5.26 Å². The zero-order valence-corrected chi connectivity index (χ0v) is 19.5. The normalized spacial score (nSPS) is 19.6. The van der Waals surface area contributed by atoms with E-state index in [4.69, 9.17) is 21.1 Å². The highest BCUT2D eigenvalue weighted by Gasteiger charge is 2.62. The van der Waals surface area contributed by atoms with Crippen LogP contribution in [-0.2, 0) is 9.53 Å². The van der Waals surface area contributed by atoms with Crippen LogP contribution in [-0.4, -0.2) is 5.97 Å². The largest absolute Gasteiger partial charge is 0.454 e. The van der Waals surface area contributed by atoms with Crippen LogP contribution in [0.2, 0.25) is 0 Å². The Kier molecular flexibility index (Phi) is 6.72. The topological polar surface area (TPSA) is 59.3 Å². The van der Waals surface area contributed by atoms with E-state index in [2.05, 4.69) is 0 Å². The summed E-state index contributed by atoms with van der Waals surface area (Å²) in [5, 5.41) is 10.2. The van der Waals surface area contributed by atoms with E-state index < -0.39 is 23.8 Å². The third kappa shape index (κ3) is 4.98. The third-order valence-corrected chi connectivity index (χ3v) is 6.46. The summed E-state index contributed by atoms with van der Waals surface area (Å²) in [6, 6.07) is 24.2. The summed E-state index contributed by atoms with van der Waals surface area (Å²) in [6.07, 6.45) is 0.672. The van der Waals surface area contributed by atoms with Crippen molar-refractivity contribution in [3.63, 3.8) is 0 Å². The first-order chi connectivity index (χ1) is 16.3. The first kappa shape index (κ1) is 23.5. The second-order valence-corrected chi connectivity index (χ2v) is 9.16. The van der Waals surface area contributed by atoms with Crippen LogP contribution in [0.4, 0.5) is 4.39 Å². The van der Waals surface area contributed by atoms with E-state index in [1.165, 1.54) is 18.2 Å². The second kappa shape index (κ2) is 9.70. The van der Waals surface area contributed by atoms with Crippen molar-refractivity contribution in [1.82, 2.24) is 0 Å². The maximum Gasteiger partial charge on any atom is 0.311 e. The molecule has 1 aliphatic rings. The number of carbonyl (C=O) groups excluding carboxylic acids is 1. The molecular formula is C28H23ClFNO3. The molecule has 3 atom stereocenters. The van der Waals surface area contributed by atoms with Gasteiger partial charge in [0.25, 0.3) is 0 Å². The van der Waals surface area contributed by atoms with Gasteiger partial charge in [0.2, 0.25) is 6.10 Å². The minimum absolute atomic E-state index is 0.0535. The number of hydrogen-bond acceptors (Lipinski definition) is 4. The molecule has 4 nitrogen and oxygen atoms in total. The van der Waals surface area contributed by atoms with Crippen molar-refractivity contribution in [3.05, 3.63) is 102 Å². The molecule has 0 saturated heterocycles. The molecule has 0 bridgehead atoms. The molecule has 1 fully saturated rings. The number of carbonyl (C=O) groups is 1. The summed E-state index contributed by atoms with van der Waals surface area (Å²) < 4.78 is 25.5. The van der Waals surface area contributed by atoms with Crippen molar-refractivity contribution in [2.75, 3.05) is 0 Å². The molecule has 3 unspecified atom stereocenters. The maximum atomic E-state index is 14.3. The highest BCUT2D eigenvalue weighted by Crippen LogP contribution is 2.60. The Labute approximate surface area is 203 Å². The number of halogens is 2. The van der Waals surface area contributed by atoms with Crippen LogP contribution in [0.3, 0.4) is 0 Å². The smallest absolute Gasteiger partial charge is 0.311 e. The summed E-state index contributed by atoms with van der Waals surface area (Å²) in [7, 11) is 0. The van der Waals surface area contributed by atoms with Crippen LogP contribution < -0.4 is 4.74 Å². The number of para-hydroxylation sites is 1. The van der Waals surface area contributed by atoms with E-state index in [1.54, 1.807) is 24.3 Å². The lowest BCUT2D eigenvalue weighted by molar-refractivity contribution is -0.149. The predicted octanol–water partition coefficient (Wildman–Crippen LogP) is 7.28. The molecule has 1 aliphatic carbocycles. The Balaban J connectivity index is 1.49. The van der Waals surface area contributed by atoms with Gasteiger partial charge in [0.1, 0.15) is 11.8 Å². The molecule has 0 N–H and O–H groups in total. The number of allylic oxidation sites excluding steroid dienone is 1. The van der Waals surface area contributed by atoms with Crippen molar-refractivity contribution in [3.8, 4) is 17.6 Å². The van der Waals surface area contributed by atoms with Crippen LogP contribution in [0, 0.1) is 34.4 Å². The maximum absolute atomic E-state index is 14.3. The van der Waals surface area contributed by atoms with E-state index in [-0.39, 0.29) is 17.1 Å². The minimum atomic E-state index is -1.20. The molecule has 34 heavy (non-hydrogen) atoms. The molecule has 0 amide bonds. The lowest BCUT2D eigenvalue weighted by Crippen LogP contribution is -2.14. The van der Waals surface area contributed by atoms with Crippen molar-refractivity contribution >= 4 is 22.6 Å². The van der Waals surface area contributed by atoms with Gasteiger partial charge in [0, 0.05) is 10.6 Å². The zero-order chi connectivity index (χ0) is 24.3. The average Bonchev–Trinajstić information content (AvgIpc) is 3.39. The second-order valence-electron chi connectivity index (χ2n) is 8.76. The van der Waals surface area contributed by atoms with Gasteiger partial charge in [-0.15, -0.1) is 0 Å². The molecule has 0 aliphatic heterocycles. The number of rotatable bonds is 7. The summed E-state index contributed by atoms with van der Waals surface area (Å²) in [5.74, 6) is -1.25. The Morgan fingerprint density at radius 1 is 1.09 bits per heavy atom. The summed E-state index contributed by atoms with van der Waals surface area (Å²) in [5.41, 5.74) is 0.832. The fourth-order valence-corrected chi connectivity index (χ4v) is 4.29. The molecular weight excluding hydrogens is 453 g/mol. The molecule has 4 rings (SSSR count). The van der Waals surface area contributed by atoms with Crippen molar-refractivity contribution < 1.29 is 18.7 Å². The van der Waals surface area contributed by atoms with Gasteiger partial charge in [0.05, 0.1) is 5.92 Å². The lowest BCUT2D eigenvalue weighted by atomic mass is 10.1. The minimum Gasteiger partial charge on any atom is -0.454 e. The monoisotopic (exact) mass is 475 g/mol. The van der Waals surface area contributed by atoms with E-state index in [9.17, 15) is 14.4 Å². The van der Waals surface area contributed by atoms with Crippen LogP contribution >= 0.6 is 11.6 Å². The fraction of sp³-hybridized carbons (Fsp3) is 0.214. The van der Waals surface area contributed by atoms with Gasteiger partial charge in [-0.1, -0.05) is 86.1 Å². The van der Waals surface area contributed by atoms with Gasteiger partial charge in [-0.25, -0.2) is 4.39 Å². The molecule has 0 spiro atoms. The number of ether oxygens (including phenoxy) is 2. The first-order valence-corrected chi connectivity index (χ1v) is 11.2. The summed E-state index contributed by atoms with van der Waals surface area (Å²) >= 11 is 6.47. The molecule has 1 saturated carbocycles. The average molecular weight is 476 g/mol. The number of nitrogens with zero attached hydrogens (tertiary/aromatic N) is 1. The molecule has 3 aromatic carbocycles. The number of esters is 1. The quantitative estimate of drug-likeness (QED) is 0.337. The van der Waals surface area contributed by atoms with Gasteiger partial charge < -0.3 is 9.47 Å². The highest BCUT2D eigenvalue weighted by atomic mass is 35.5. The summed E-state index contributed by atoms with van der Waals surface area (Å²) in [4.78, 5) is 13.0. The standard InChI is InChI=1S/C28H23ClFNO3/c1-28(2)21(16-22(29)18-9-5-3-6-10-18)26(28)27(32)34-25(17-31)19-13-14-23(30)24(15-19)33-20-11-7-4-8-12-20/h3-16,21,25-26H,1-2H3. The SMILES string of the molecule is CC1(C)C(C=C(Cl)c2ccccc2)C1C(=O)OC(C#N)c1ccc(F)c(Oc2ccccc2)c1. The van der Waals surface area contributed by atoms with E-state index in [0.29, 0.717) is 16.3 Å². The molecule has 0 aromatic heterocycles. The van der Waals surface area contributed by atoms with Gasteiger partial charge in [-0.3, -0.25) is 4.79 Å². The van der Waals surface area contributed by atoms with Gasteiger partial charge in [0.15, 0.2) is 11.6 Å². The lowest BCUT2D eigenvalue weighted by Gasteiger charge is -2.14. The van der Waals surface area contributed by atoms with E-state index in [1.807, 2.05) is 62.4 Å². The Morgan fingerprint density at radius 3 is 2.38 bits per heavy atom. The van der Waals surface area contributed by atoms with Gasteiger partial charge >= 0.3 is 5.97 Å². The van der Waals surface area contributed by atoms with Crippen LogP contribution in [0.5, 0.6) is 11.5 Å². The highest BCUT2D eigenvalue weighted by molar-refractivity contribution is 6.48. The van der Waals surface area contributed by atoms with Crippen molar-refractivity contribution in [2.24, 2.45) is 17.3 Å². The molecule has 3 aromatic rings. The Hall–Kier alpha value is -3.62. The Bertz CT molecular complexity index is 1250. The van der Waals surface area contributed by atoms with Crippen molar-refractivity contribution in [1.29, 1.82) is 5.26 Å². The molecule has 0 heterocycles. The van der Waals surface area contributed by atoms with Crippen LogP contribution in [0.15, 0.2) is 84.9 Å². The fourth-order valence-electron chi connectivity index (χ4n) is 4.03. The van der Waals surface area contributed by atoms with Crippen molar-refractivity contribution in [2.45, 2.75) is 20.0 Å². The molecule has 0 radical (unpaired) electrons. The van der Waals surface area contributed by atoms with E-state index in [0.717, 1.165) is 5.56 Å². The number of benzene rings is 3. The Morgan fingerprint density at radius 2 is 1.74 bits per heavy atom. The van der Waals surface area contributed by atoms with E-state index >= 15 is 0 Å². The number of nitriles is 1.